The predicted octanol–water partition coefficient (Wildman–Crippen LogP) is 1.76. The highest BCUT2D eigenvalue weighted by Crippen LogP contribution is 2.57. The number of aliphatic hydroxyl groups excluding tert-OH is 1. The number of rotatable bonds is 3. The molecule has 2 saturated carbocycles. The third kappa shape index (κ3) is 1.23. The van der Waals surface area contributed by atoms with Crippen molar-refractivity contribution in [2.45, 2.75) is 39.0 Å². The molecule has 2 aliphatic rings. The van der Waals surface area contributed by atoms with Crippen LogP contribution in [-0.4, -0.2) is 17.5 Å². The van der Waals surface area contributed by atoms with E-state index in [9.17, 15) is 4.79 Å². The van der Waals surface area contributed by atoms with E-state index in [1.807, 2.05) is 0 Å². The fourth-order valence-electron chi connectivity index (χ4n) is 3.56. The standard InChI is InChI=1S/C11H18O2/c1-8(13)11(4-5-12)7-9-2-3-10(11)6-9/h9-10,12H,2-7H2,1H3. The van der Waals surface area contributed by atoms with Crippen LogP contribution in [0.1, 0.15) is 39.0 Å². The first-order valence-electron chi connectivity index (χ1n) is 5.31. The van der Waals surface area contributed by atoms with Gasteiger partial charge in [-0.1, -0.05) is 6.42 Å². The molecule has 74 valence electrons. The van der Waals surface area contributed by atoms with Gasteiger partial charge in [-0.3, -0.25) is 4.79 Å². The number of hydrogen-bond donors (Lipinski definition) is 1. The van der Waals surface area contributed by atoms with Crippen molar-refractivity contribution in [2.75, 3.05) is 6.61 Å². The van der Waals surface area contributed by atoms with Gasteiger partial charge in [0.1, 0.15) is 5.78 Å². The molecule has 2 nitrogen and oxygen atoms in total. The summed E-state index contributed by atoms with van der Waals surface area (Å²) in [5.74, 6) is 1.68. The second-order valence-electron chi connectivity index (χ2n) is 4.77. The zero-order valence-corrected chi connectivity index (χ0v) is 8.25. The Morgan fingerprint density at radius 2 is 2.31 bits per heavy atom. The van der Waals surface area contributed by atoms with Crippen LogP contribution in [0.3, 0.4) is 0 Å². The molecule has 0 spiro atoms. The Morgan fingerprint density at radius 3 is 2.69 bits per heavy atom. The monoisotopic (exact) mass is 182 g/mol. The molecule has 2 bridgehead atoms. The van der Waals surface area contributed by atoms with Crippen molar-refractivity contribution in [3.8, 4) is 0 Å². The molecule has 1 N–H and O–H groups in total. The smallest absolute Gasteiger partial charge is 0.136 e. The van der Waals surface area contributed by atoms with Crippen LogP contribution in [0.5, 0.6) is 0 Å². The third-order valence-corrected chi connectivity index (χ3v) is 4.23. The zero-order chi connectivity index (χ0) is 9.47. The minimum Gasteiger partial charge on any atom is -0.396 e. The van der Waals surface area contributed by atoms with E-state index >= 15 is 0 Å². The molecule has 0 aromatic rings. The maximum Gasteiger partial charge on any atom is 0.136 e. The van der Waals surface area contributed by atoms with Gasteiger partial charge in [0.05, 0.1) is 0 Å². The maximum absolute atomic E-state index is 11.6. The van der Waals surface area contributed by atoms with Gasteiger partial charge in [-0.2, -0.15) is 0 Å². The topological polar surface area (TPSA) is 37.3 Å². The van der Waals surface area contributed by atoms with E-state index in [1.54, 1.807) is 6.92 Å². The molecule has 3 atom stereocenters. The lowest BCUT2D eigenvalue weighted by molar-refractivity contribution is -0.130. The molecular formula is C11H18O2. The lowest BCUT2D eigenvalue weighted by Crippen LogP contribution is -2.35. The first-order chi connectivity index (χ1) is 6.19. The average Bonchev–Trinajstić information content (AvgIpc) is 2.64. The zero-order valence-electron chi connectivity index (χ0n) is 8.25. The van der Waals surface area contributed by atoms with Crippen LogP contribution in [0.15, 0.2) is 0 Å². The summed E-state index contributed by atoms with van der Waals surface area (Å²) in [6.45, 7) is 1.87. The fourth-order valence-corrected chi connectivity index (χ4v) is 3.56. The van der Waals surface area contributed by atoms with Crippen LogP contribution < -0.4 is 0 Å². The van der Waals surface area contributed by atoms with Gasteiger partial charge in [0.15, 0.2) is 0 Å². The SMILES string of the molecule is CC(=O)C1(CCO)CC2CCC1C2. The molecule has 2 heteroatoms. The third-order valence-electron chi connectivity index (χ3n) is 4.23. The van der Waals surface area contributed by atoms with Crippen molar-refractivity contribution >= 4 is 5.78 Å². The molecule has 0 amide bonds. The van der Waals surface area contributed by atoms with E-state index in [0.29, 0.717) is 18.1 Å². The molecule has 2 rings (SSSR count). The normalized spacial score (nSPS) is 42.6. The van der Waals surface area contributed by atoms with Gasteiger partial charge in [0, 0.05) is 12.0 Å². The van der Waals surface area contributed by atoms with Crippen LogP contribution in [-0.2, 0) is 4.79 Å². The molecule has 3 unspecified atom stereocenters. The van der Waals surface area contributed by atoms with Crippen LogP contribution in [0.2, 0.25) is 0 Å². The van der Waals surface area contributed by atoms with E-state index in [2.05, 4.69) is 0 Å². The highest BCUT2D eigenvalue weighted by molar-refractivity contribution is 5.83. The Morgan fingerprint density at radius 1 is 1.54 bits per heavy atom. The lowest BCUT2D eigenvalue weighted by atomic mass is 9.68. The van der Waals surface area contributed by atoms with Gasteiger partial charge < -0.3 is 5.11 Å². The number of fused-ring (bicyclic) bond motifs is 2. The number of hydrogen-bond acceptors (Lipinski definition) is 2. The van der Waals surface area contributed by atoms with Crippen molar-refractivity contribution in [2.24, 2.45) is 17.3 Å². The van der Waals surface area contributed by atoms with Crippen molar-refractivity contribution in [1.82, 2.24) is 0 Å². The molecule has 2 fully saturated rings. The van der Waals surface area contributed by atoms with Gasteiger partial charge in [0.25, 0.3) is 0 Å². The summed E-state index contributed by atoms with van der Waals surface area (Å²) >= 11 is 0. The van der Waals surface area contributed by atoms with E-state index in [0.717, 1.165) is 12.3 Å². The van der Waals surface area contributed by atoms with Crippen LogP contribution in [0, 0.1) is 17.3 Å². The summed E-state index contributed by atoms with van der Waals surface area (Å²) in [7, 11) is 0. The molecule has 0 radical (unpaired) electrons. The summed E-state index contributed by atoms with van der Waals surface area (Å²) in [6, 6.07) is 0. The van der Waals surface area contributed by atoms with E-state index in [4.69, 9.17) is 5.11 Å². The lowest BCUT2D eigenvalue weighted by Gasteiger charge is -2.34. The first kappa shape index (κ1) is 9.20. The summed E-state index contributed by atoms with van der Waals surface area (Å²) < 4.78 is 0. The number of carbonyl (C=O) groups is 1. The first-order valence-corrected chi connectivity index (χ1v) is 5.31. The minimum atomic E-state index is -0.127. The largest absolute Gasteiger partial charge is 0.396 e. The van der Waals surface area contributed by atoms with E-state index < -0.39 is 0 Å². The molecule has 0 aromatic carbocycles. The molecular weight excluding hydrogens is 164 g/mol. The summed E-state index contributed by atoms with van der Waals surface area (Å²) in [5.41, 5.74) is -0.127. The maximum atomic E-state index is 11.6. The Bertz CT molecular complexity index is 224. The van der Waals surface area contributed by atoms with Crippen molar-refractivity contribution in [3.05, 3.63) is 0 Å². The average molecular weight is 182 g/mol. The Labute approximate surface area is 79.3 Å². The number of Topliss-reactive ketones (excluding diaryl/α,β-unsaturated/α-hetero) is 1. The van der Waals surface area contributed by atoms with Crippen LogP contribution in [0.4, 0.5) is 0 Å². The highest BCUT2D eigenvalue weighted by Gasteiger charge is 2.53. The predicted molar refractivity (Wildman–Crippen MR) is 50.3 cm³/mol. The Kier molecular flexibility index (Phi) is 2.18. The number of aliphatic hydroxyl groups is 1. The van der Waals surface area contributed by atoms with Crippen LogP contribution in [0.25, 0.3) is 0 Å². The van der Waals surface area contributed by atoms with Crippen molar-refractivity contribution < 1.29 is 9.90 Å². The van der Waals surface area contributed by atoms with E-state index in [-0.39, 0.29) is 12.0 Å². The quantitative estimate of drug-likeness (QED) is 0.722. The molecule has 13 heavy (non-hydrogen) atoms. The Hall–Kier alpha value is -0.370. The number of ketones is 1. The second-order valence-corrected chi connectivity index (χ2v) is 4.77. The fraction of sp³-hybridized carbons (Fsp3) is 0.909. The van der Waals surface area contributed by atoms with Crippen LogP contribution >= 0.6 is 0 Å². The minimum absolute atomic E-state index is 0.127. The molecule has 0 aliphatic heterocycles. The van der Waals surface area contributed by atoms with Gasteiger partial charge in [-0.25, -0.2) is 0 Å². The van der Waals surface area contributed by atoms with Gasteiger partial charge in [-0.05, 0) is 44.4 Å². The van der Waals surface area contributed by atoms with Gasteiger partial charge >= 0.3 is 0 Å². The van der Waals surface area contributed by atoms with Crippen molar-refractivity contribution in [1.29, 1.82) is 0 Å². The second kappa shape index (κ2) is 3.09. The summed E-state index contributed by atoms with van der Waals surface area (Å²) in [6.07, 6.45) is 5.51. The van der Waals surface area contributed by atoms with Gasteiger partial charge in [-0.15, -0.1) is 0 Å². The molecule has 0 saturated heterocycles. The summed E-state index contributed by atoms with van der Waals surface area (Å²) in [5, 5.41) is 9.02. The van der Waals surface area contributed by atoms with Gasteiger partial charge in [0.2, 0.25) is 0 Å². The van der Waals surface area contributed by atoms with Crippen molar-refractivity contribution in [3.63, 3.8) is 0 Å². The molecule has 0 aromatic heterocycles. The number of carbonyl (C=O) groups excluding carboxylic acids is 1. The Balaban J connectivity index is 2.20. The highest BCUT2D eigenvalue weighted by atomic mass is 16.3. The summed E-state index contributed by atoms with van der Waals surface area (Å²) in [4.78, 5) is 11.6. The van der Waals surface area contributed by atoms with E-state index in [1.165, 1.54) is 19.3 Å². The molecule has 0 heterocycles. The molecule has 2 aliphatic carbocycles.